The molecule has 0 bridgehead atoms. The summed E-state index contributed by atoms with van der Waals surface area (Å²) in [5.41, 5.74) is 3.27. The van der Waals surface area contributed by atoms with Gasteiger partial charge in [0.2, 0.25) is 5.91 Å². The molecule has 0 saturated heterocycles. The van der Waals surface area contributed by atoms with Crippen molar-refractivity contribution in [1.29, 1.82) is 0 Å². The van der Waals surface area contributed by atoms with Crippen LogP contribution in [0, 0.1) is 6.92 Å². The summed E-state index contributed by atoms with van der Waals surface area (Å²) in [6.45, 7) is 2.73. The number of nitrogens with one attached hydrogen (secondary N) is 1. The zero-order chi connectivity index (χ0) is 16.9. The van der Waals surface area contributed by atoms with Gasteiger partial charge in [0.15, 0.2) is 5.82 Å². The second-order valence-corrected chi connectivity index (χ2v) is 5.65. The van der Waals surface area contributed by atoms with Gasteiger partial charge in [0.1, 0.15) is 0 Å². The van der Waals surface area contributed by atoms with Crippen LogP contribution < -0.4 is 5.32 Å². The molecule has 0 radical (unpaired) electrons. The van der Waals surface area contributed by atoms with Gasteiger partial charge < -0.3 is 5.32 Å². The summed E-state index contributed by atoms with van der Waals surface area (Å²) in [6, 6.07) is 10.1. The Morgan fingerprint density at radius 1 is 1.25 bits per heavy atom. The van der Waals surface area contributed by atoms with Gasteiger partial charge in [-0.2, -0.15) is 10.2 Å². The van der Waals surface area contributed by atoms with E-state index in [4.69, 9.17) is 0 Å². The van der Waals surface area contributed by atoms with E-state index in [1.54, 1.807) is 27.7 Å². The predicted molar refractivity (Wildman–Crippen MR) is 93.4 cm³/mol. The second kappa shape index (κ2) is 6.95. The van der Waals surface area contributed by atoms with Crippen molar-refractivity contribution in [2.45, 2.75) is 13.5 Å². The zero-order valence-corrected chi connectivity index (χ0v) is 13.7. The number of hydrogen-bond donors (Lipinski definition) is 1. The minimum Gasteiger partial charge on any atom is -0.306 e. The van der Waals surface area contributed by atoms with Crippen molar-refractivity contribution in [2.24, 2.45) is 7.05 Å². The van der Waals surface area contributed by atoms with E-state index in [-0.39, 0.29) is 5.91 Å². The maximum atomic E-state index is 11.9. The number of amides is 1. The second-order valence-electron chi connectivity index (χ2n) is 5.65. The van der Waals surface area contributed by atoms with E-state index in [0.717, 1.165) is 11.1 Å². The van der Waals surface area contributed by atoms with Crippen LogP contribution in [0.25, 0.3) is 6.08 Å². The molecule has 2 heterocycles. The van der Waals surface area contributed by atoms with Crippen LogP contribution in [0.1, 0.15) is 16.7 Å². The molecule has 3 aromatic rings. The first-order valence-electron chi connectivity index (χ1n) is 7.65. The minimum atomic E-state index is -0.223. The Kier molecular flexibility index (Phi) is 4.56. The summed E-state index contributed by atoms with van der Waals surface area (Å²) in [6.07, 6.45) is 8.56. The molecule has 0 aliphatic rings. The number of carbonyl (C=O) groups excluding carboxylic acids is 1. The van der Waals surface area contributed by atoms with Gasteiger partial charge in [-0.1, -0.05) is 29.8 Å². The normalized spacial score (nSPS) is 11.1. The lowest BCUT2D eigenvalue weighted by molar-refractivity contribution is -0.111. The van der Waals surface area contributed by atoms with E-state index in [1.807, 2.05) is 19.4 Å². The third-order valence-corrected chi connectivity index (χ3v) is 3.51. The van der Waals surface area contributed by atoms with Gasteiger partial charge in [0.05, 0.1) is 12.7 Å². The van der Waals surface area contributed by atoms with Crippen molar-refractivity contribution in [3.8, 4) is 0 Å². The molecule has 0 atom stereocenters. The van der Waals surface area contributed by atoms with E-state index in [0.29, 0.717) is 12.4 Å². The molecule has 0 spiro atoms. The van der Waals surface area contributed by atoms with Crippen LogP contribution >= 0.6 is 0 Å². The van der Waals surface area contributed by atoms with Crippen LogP contribution in [0.5, 0.6) is 0 Å². The number of benzene rings is 1. The fraction of sp³-hybridized carbons (Fsp3) is 0.167. The number of rotatable bonds is 5. The number of hydrogen-bond acceptors (Lipinski definition) is 3. The van der Waals surface area contributed by atoms with Gasteiger partial charge in [-0.3, -0.25) is 14.2 Å². The number of aromatic nitrogens is 4. The maximum absolute atomic E-state index is 11.9. The van der Waals surface area contributed by atoms with Crippen LogP contribution in [0.3, 0.4) is 0 Å². The molecule has 1 aromatic carbocycles. The zero-order valence-electron chi connectivity index (χ0n) is 13.7. The molecule has 0 fully saturated rings. The van der Waals surface area contributed by atoms with Crippen molar-refractivity contribution in [3.63, 3.8) is 0 Å². The van der Waals surface area contributed by atoms with Gasteiger partial charge in [-0.05, 0) is 18.6 Å². The molecule has 122 valence electrons. The quantitative estimate of drug-likeness (QED) is 0.735. The fourth-order valence-corrected chi connectivity index (χ4v) is 2.26. The van der Waals surface area contributed by atoms with E-state index in [2.05, 4.69) is 46.7 Å². The lowest BCUT2D eigenvalue weighted by atomic mass is 10.1. The first kappa shape index (κ1) is 15.7. The summed E-state index contributed by atoms with van der Waals surface area (Å²) in [5.74, 6) is 0.308. The Hall–Kier alpha value is -3.15. The largest absolute Gasteiger partial charge is 0.306 e. The minimum absolute atomic E-state index is 0.223. The van der Waals surface area contributed by atoms with Crippen molar-refractivity contribution >= 4 is 17.8 Å². The summed E-state index contributed by atoms with van der Waals surface area (Å²) in [5, 5.41) is 11.2. The van der Waals surface area contributed by atoms with Crippen molar-refractivity contribution in [2.75, 3.05) is 5.32 Å². The maximum Gasteiger partial charge on any atom is 0.249 e. The molecule has 6 nitrogen and oxygen atoms in total. The highest BCUT2D eigenvalue weighted by atomic mass is 16.1. The van der Waals surface area contributed by atoms with Crippen LogP contribution in [0.2, 0.25) is 0 Å². The van der Waals surface area contributed by atoms with E-state index in [1.165, 1.54) is 11.6 Å². The third kappa shape index (κ3) is 4.19. The smallest absolute Gasteiger partial charge is 0.249 e. The molecule has 1 amide bonds. The van der Waals surface area contributed by atoms with Crippen molar-refractivity contribution < 1.29 is 4.79 Å². The van der Waals surface area contributed by atoms with E-state index in [9.17, 15) is 4.79 Å². The van der Waals surface area contributed by atoms with Gasteiger partial charge in [0, 0.05) is 37.1 Å². The molecular weight excluding hydrogens is 302 g/mol. The first-order chi connectivity index (χ1) is 11.6. The molecule has 0 unspecified atom stereocenters. The van der Waals surface area contributed by atoms with Crippen molar-refractivity contribution in [1.82, 2.24) is 19.6 Å². The summed E-state index contributed by atoms with van der Waals surface area (Å²) in [4.78, 5) is 11.9. The van der Waals surface area contributed by atoms with Gasteiger partial charge in [0.25, 0.3) is 0 Å². The average molecular weight is 321 g/mol. The first-order valence-corrected chi connectivity index (χ1v) is 7.65. The van der Waals surface area contributed by atoms with E-state index >= 15 is 0 Å². The SMILES string of the molecule is Cc1ccc(Cn2ccc(NC(=O)/C=C/c3cnn(C)c3)n2)cc1. The van der Waals surface area contributed by atoms with E-state index < -0.39 is 0 Å². The Bertz CT molecular complexity index is 858. The number of carbonyl (C=O) groups is 1. The van der Waals surface area contributed by atoms with Crippen LogP contribution in [0.4, 0.5) is 5.82 Å². The molecule has 2 aromatic heterocycles. The highest BCUT2D eigenvalue weighted by Crippen LogP contribution is 2.08. The molecular formula is C18H19N5O. The third-order valence-electron chi connectivity index (χ3n) is 3.51. The monoisotopic (exact) mass is 321 g/mol. The molecule has 24 heavy (non-hydrogen) atoms. The Morgan fingerprint density at radius 3 is 2.75 bits per heavy atom. The number of anilines is 1. The predicted octanol–water partition coefficient (Wildman–Crippen LogP) is 2.63. The summed E-state index contributed by atoms with van der Waals surface area (Å²) < 4.78 is 3.48. The topological polar surface area (TPSA) is 64.7 Å². The molecule has 3 rings (SSSR count). The standard InChI is InChI=1S/C18H19N5O/c1-14-3-5-15(6-4-14)13-23-10-9-17(21-23)20-18(24)8-7-16-11-19-22(2)12-16/h3-12H,13H2,1-2H3,(H,20,21,24)/b8-7+. The lowest BCUT2D eigenvalue weighted by Crippen LogP contribution is -2.09. The number of aryl methyl sites for hydroxylation is 2. The van der Waals surface area contributed by atoms with Gasteiger partial charge in [-0.25, -0.2) is 0 Å². The number of nitrogens with zero attached hydrogens (tertiary/aromatic N) is 4. The van der Waals surface area contributed by atoms with Gasteiger partial charge in [-0.15, -0.1) is 0 Å². The van der Waals surface area contributed by atoms with Crippen LogP contribution in [0.15, 0.2) is 55.0 Å². The fourth-order valence-electron chi connectivity index (χ4n) is 2.26. The summed E-state index contributed by atoms with van der Waals surface area (Å²) in [7, 11) is 1.83. The summed E-state index contributed by atoms with van der Waals surface area (Å²) >= 11 is 0. The molecule has 0 aliphatic heterocycles. The highest BCUT2D eigenvalue weighted by Gasteiger charge is 2.03. The molecule has 0 saturated carbocycles. The molecule has 0 aliphatic carbocycles. The highest BCUT2D eigenvalue weighted by molar-refractivity contribution is 6.01. The Labute approximate surface area is 140 Å². The molecule has 1 N–H and O–H groups in total. The van der Waals surface area contributed by atoms with Crippen LogP contribution in [-0.4, -0.2) is 25.5 Å². The Morgan fingerprint density at radius 2 is 2.04 bits per heavy atom. The van der Waals surface area contributed by atoms with Crippen LogP contribution in [-0.2, 0) is 18.4 Å². The van der Waals surface area contributed by atoms with Crippen molar-refractivity contribution in [3.05, 3.63) is 71.7 Å². The lowest BCUT2D eigenvalue weighted by Gasteiger charge is -2.02. The Balaban J connectivity index is 1.58. The average Bonchev–Trinajstić information content (AvgIpc) is 3.17. The van der Waals surface area contributed by atoms with Gasteiger partial charge >= 0.3 is 0 Å². The molecule has 6 heteroatoms.